The van der Waals surface area contributed by atoms with Crippen molar-refractivity contribution in [1.29, 1.82) is 0 Å². The second-order valence-corrected chi connectivity index (χ2v) is 6.56. The van der Waals surface area contributed by atoms with Gasteiger partial charge >= 0.3 is 0 Å². The third kappa shape index (κ3) is 3.75. The number of likely N-dealkylation sites (N-methyl/N-ethyl adjacent to an activating group) is 1. The van der Waals surface area contributed by atoms with Crippen LogP contribution >= 0.6 is 11.6 Å². The predicted octanol–water partition coefficient (Wildman–Crippen LogP) is 2.42. The van der Waals surface area contributed by atoms with Gasteiger partial charge in [-0.1, -0.05) is 11.6 Å². The maximum absolute atomic E-state index is 12.4. The van der Waals surface area contributed by atoms with Crippen molar-refractivity contribution in [3.8, 4) is 0 Å². The van der Waals surface area contributed by atoms with Crippen LogP contribution in [0.4, 0.5) is 0 Å². The molecule has 2 heterocycles. The van der Waals surface area contributed by atoms with E-state index < -0.39 is 5.91 Å². The monoisotopic (exact) mass is 371 g/mol. The summed E-state index contributed by atoms with van der Waals surface area (Å²) < 4.78 is 0. The molecule has 26 heavy (non-hydrogen) atoms. The van der Waals surface area contributed by atoms with Gasteiger partial charge in [-0.3, -0.25) is 24.3 Å². The zero-order valence-corrected chi connectivity index (χ0v) is 15.1. The fraction of sp³-hybridized carbons (Fsp3) is 0.263. The van der Waals surface area contributed by atoms with Gasteiger partial charge in [-0.15, -0.1) is 0 Å². The molecule has 1 aromatic heterocycles. The van der Waals surface area contributed by atoms with E-state index in [4.69, 9.17) is 11.6 Å². The summed E-state index contributed by atoms with van der Waals surface area (Å²) in [7, 11) is 1.71. The van der Waals surface area contributed by atoms with Crippen molar-refractivity contribution in [3.05, 3.63) is 64.4 Å². The van der Waals surface area contributed by atoms with Crippen LogP contribution < -0.4 is 0 Å². The number of carbonyl (C=O) groups is 3. The number of rotatable bonds is 6. The summed E-state index contributed by atoms with van der Waals surface area (Å²) in [4.78, 5) is 43.7. The van der Waals surface area contributed by atoms with Gasteiger partial charge < -0.3 is 4.90 Å². The van der Waals surface area contributed by atoms with E-state index in [1.54, 1.807) is 36.5 Å². The minimum atomic E-state index is -0.403. The van der Waals surface area contributed by atoms with E-state index in [-0.39, 0.29) is 24.8 Å². The molecule has 0 saturated heterocycles. The Balaban J connectivity index is 1.54. The number of amides is 3. The Morgan fingerprint density at radius 2 is 1.81 bits per heavy atom. The lowest BCUT2D eigenvalue weighted by molar-refractivity contribution is -0.129. The zero-order chi connectivity index (χ0) is 18.7. The van der Waals surface area contributed by atoms with Gasteiger partial charge in [0.15, 0.2) is 0 Å². The predicted molar refractivity (Wildman–Crippen MR) is 97.0 cm³/mol. The molecule has 0 fully saturated rings. The lowest BCUT2D eigenvalue weighted by atomic mass is 10.1. The normalized spacial score (nSPS) is 13.1. The Kier molecular flexibility index (Phi) is 5.32. The average Bonchev–Trinajstić information content (AvgIpc) is 2.88. The van der Waals surface area contributed by atoms with Crippen LogP contribution in [0, 0.1) is 0 Å². The number of carbonyl (C=O) groups excluding carboxylic acids is 3. The van der Waals surface area contributed by atoms with Crippen LogP contribution in [-0.2, 0) is 11.2 Å². The lowest BCUT2D eigenvalue weighted by Crippen LogP contribution is -2.36. The van der Waals surface area contributed by atoms with Gasteiger partial charge in [0.25, 0.3) is 11.8 Å². The summed E-state index contributed by atoms with van der Waals surface area (Å²) in [6, 6.07) is 8.41. The highest BCUT2D eigenvalue weighted by Gasteiger charge is 2.35. The Morgan fingerprint density at radius 3 is 2.54 bits per heavy atom. The second-order valence-electron chi connectivity index (χ2n) is 6.12. The van der Waals surface area contributed by atoms with Crippen molar-refractivity contribution in [2.75, 3.05) is 20.1 Å². The fourth-order valence-corrected chi connectivity index (χ4v) is 3.01. The van der Waals surface area contributed by atoms with Crippen molar-refractivity contribution in [2.24, 2.45) is 0 Å². The number of benzene rings is 1. The molecule has 0 bridgehead atoms. The van der Waals surface area contributed by atoms with Crippen LogP contribution in [0.2, 0.25) is 5.02 Å². The van der Waals surface area contributed by atoms with Crippen molar-refractivity contribution in [1.82, 2.24) is 14.8 Å². The molecule has 1 aliphatic rings. The Labute approximate surface area is 156 Å². The number of imide groups is 1. The molecule has 0 spiro atoms. The molecule has 0 saturated carbocycles. The summed E-state index contributed by atoms with van der Waals surface area (Å²) in [5.74, 6) is -0.901. The van der Waals surface area contributed by atoms with Crippen LogP contribution in [0.15, 0.2) is 42.7 Å². The molecule has 2 aromatic rings. The van der Waals surface area contributed by atoms with E-state index in [0.29, 0.717) is 22.7 Å². The molecule has 0 atom stereocenters. The van der Waals surface area contributed by atoms with E-state index >= 15 is 0 Å². The Hall–Kier alpha value is -2.73. The summed E-state index contributed by atoms with van der Waals surface area (Å²) in [5.41, 5.74) is 1.72. The first-order valence-corrected chi connectivity index (χ1v) is 8.64. The highest BCUT2D eigenvalue weighted by Crippen LogP contribution is 2.25. The molecule has 0 radical (unpaired) electrons. The molecule has 0 N–H and O–H groups in total. The maximum atomic E-state index is 12.4. The highest BCUT2D eigenvalue weighted by atomic mass is 35.5. The van der Waals surface area contributed by atoms with Crippen molar-refractivity contribution < 1.29 is 14.4 Å². The molecular weight excluding hydrogens is 354 g/mol. The van der Waals surface area contributed by atoms with Crippen molar-refractivity contribution >= 4 is 29.3 Å². The van der Waals surface area contributed by atoms with Gasteiger partial charge in [-0.25, -0.2) is 0 Å². The van der Waals surface area contributed by atoms with E-state index in [9.17, 15) is 14.4 Å². The largest absolute Gasteiger partial charge is 0.345 e. The van der Waals surface area contributed by atoms with Gasteiger partial charge in [0.05, 0.1) is 11.1 Å². The molecule has 3 amide bonds. The Morgan fingerprint density at radius 1 is 1.12 bits per heavy atom. The molecule has 1 aromatic carbocycles. The molecule has 0 unspecified atom stereocenters. The smallest absolute Gasteiger partial charge is 0.261 e. The number of hydrogen-bond donors (Lipinski definition) is 0. The number of nitrogens with zero attached hydrogens (tertiary/aromatic N) is 3. The number of halogens is 1. The summed E-state index contributed by atoms with van der Waals surface area (Å²) in [6.07, 6.45) is 4.24. The third-order valence-electron chi connectivity index (χ3n) is 4.39. The van der Waals surface area contributed by atoms with Crippen molar-refractivity contribution in [2.45, 2.75) is 12.8 Å². The minimum absolute atomic E-state index is 0.0579. The van der Waals surface area contributed by atoms with Gasteiger partial charge in [0.2, 0.25) is 5.91 Å². The van der Waals surface area contributed by atoms with E-state index in [0.717, 1.165) is 16.9 Å². The maximum Gasteiger partial charge on any atom is 0.261 e. The van der Waals surface area contributed by atoms with E-state index in [2.05, 4.69) is 4.98 Å². The van der Waals surface area contributed by atoms with Crippen LogP contribution in [0.25, 0.3) is 0 Å². The first-order chi connectivity index (χ1) is 12.5. The van der Waals surface area contributed by atoms with Crippen LogP contribution in [0.5, 0.6) is 0 Å². The number of aromatic nitrogens is 1. The first kappa shape index (κ1) is 18.1. The fourth-order valence-electron chi connectivity index (χ4n) is 2.84. The number of hydrogen-bond acceptors (Lipinski definition) is 4. The van der Waals surface area contributed by atoms with Gasteiger partial charge in [-0.2, -0.15) is 0 Å². The second kappa shape index (κ2) is 7.66. The standard InChI is InChI=1S/C19H18ClN3O3/c1-22(10-6-13-4-8-21-9-5-13)17(24)7-11-23-18(25)15-3-2-14(20)12-16(15)19(23)26/h2-5,8-9,12H,6-7,10-11H2,1H3. The minimum Gasteiger partial charge on any atom is -0.345 e. The van der Waals surface area contributed by atoms with E-state index in [1.807, 2.05) is 12.1 Å². The van der Waals surface area contributed by atoms with Crippen LogP contribution in [-0.4, -0.2) is 52.6 Å². The zero-order valence-electron chi connectivity index (χ0n) is 14.3. The molecule has 0 aliphatic carbocycles. The summed E-state index contributed by atoms with van der Waals surface area (Å²) in [5, 5.41) is 0.402. The first-order valence-electron chi connectivity index (χ1n) is 8.26. The SMILES string of the molecule is CN(CCc1ccncc1)C(=O)CCN1C(=O)c2ccc(Cl)cc2C1=O. The topological polar surface area (TPSA) is 70.6 Å². The quantitative estimate of drug-likeness (QED) is 0.731. The number of pyridine rings is 1. The molecule has 7 heteroatoms. The molecular formula is C19H18ClN3O3. The summed E-state index contributed by atoms with van der Waals surface area (Å²) >= 11 is 5.89. The molecule has 134 valence electrons. The average molecular weight is 372 g/mol. The number of fused-ring (bicyclic) bond motifs is 1. The molecule has 1 aliphatic heterocycles. The highest BCUT2D eigenvalue weighted by molar-refractivity contribution is 6.32. The Bertz CT molecular complexity index is 854. The van der Waals surface area contributed by atoms with Gasteiger partial charge in [-0.05, 0) is 42.3 Å². The van der Waals surface area contributed by atoms with Gasteiger partial charge in [0, 0.05) is 44.0 Å². The van der Waals surface area contributed by atoms with Crippen molar-refractivity contribution in [3.63, 3.8) is 0 Å². The van der Waals surface area contributed by atoms with Crippen LogP contribution in [0.1, 0.15) is 32.7 Å². The van der Waals surface area contributed by atoms with Crippen LogP contribution in [0.3, 0.4) is 0 Å². The lowest BCUT2D eigenvalue weighted by Gasteiger charge is -2.19. The summed E-state index contributed by atoms with van der Waals surface area (Å²) in [6.45, 7) is 0.614. The third-order valence-corrected chi connectivity index (χ3v) is 4.63. The van der Waals surface area contributed by atoms with E-state index in [1.165, 1.54) is 6.07 Å². The van der Waals surface area contributed by atoms with Gasteiger partial charge in [0.1, 0.15) is 0 Å². The molecule has 6 nitrogen and oxygen atoms in total. The molecule has 3 rings (SSSR count).